The van der Waals surface area contributed by atoms with Gasteiger partial charge in [-0.05, 0) is 36.4 Å². The van der Waals surface area contributed by atoms with E-state index in [-0.39, 0.29) is 34.4 Å². The van der Waals surface area contributed by atoms with E-state index in [0.29, 0.717) is 17.1 Å². The molecule has 0 radical (unpaired) electrons. The predicted octanol–water partition coefficient (Wildman–Crippen LogP) is 5.51. The summed E-state index contributed by atoms with van der Waals surface area (Å²) in [7, 11) is 2.99. The van der Waals surface area contributed by atoms with Crippen molar-refractivity contribution >= 4 is 17.3 Å². The van der Waals surface area contributed by atoms with Gasteiger partial charge in [0.15, 0.2) is 6.61 Å². The van der Waals surface area contributed by atoms with Gasteiger partial charge in [0.25, 0.3) is 5.88 Å². The van der Waals surface area contributed by atoms with E-state index in [1.807, 2.05) is 0 Å². The molecule has 0 aliphatic heterocycles. The highest BCUT2D eigenvalue weighted by atomic mass is 35.5. The first kappa shape index (κ1) is 23.4. The topological polar surface area (TPSA) is 65.5 Å². The number of benzene rings is 2. The summed E-state index contributed by atoms with van der Waals surface area (Å²) in [6.07, 6.45) is -4.57. The number of halogens is 5. The lowest BCUT2D eigenvalue weighted by Crippen LogP contribution is -2.20. The minimum absolute atomic E-state index is 0.0393. The summed E-state index contributed by atoms with van der Waals surface area (Å²) in [6, 6.07) is 10.3. The van der Waals surface area contributed by atoms with Crippen LogP contribution in [0, 0.1) is 5.82 Å². The molecule has 0 spiro atoms. The van der Waals surface area contributed by atoms with Crippen molar-refractivity contribution in [1.29, 1.82) is 0 Å². The second kappa shape index (κ2) is 9.90. The van der Waals surface area contributed by atoms with Crippen LogP contribution < -0.4 is 19.5 Å². The van der Waals surface area contributed by atoms with Gasteiger partial charge in [-0.15, -0.1) is 10.2 Å². The number of rotatable bonds is 8. The van der Waals surface area contributed by atoms with E-state index in [0.717, 1.165) is 6.07 Å². The molecule has 0 saturated carbocycles. The molecule has 1 heterocycles. The first-order valence-electron chi connectivity index (χ1n) is 9.17. The summed E-state index contributed by atoms with van der Waals surface area (Å²) in [5.74, 6) is 0.0678. The number of hydrogen-bond acceptors (Lipinski definition) is 6. The number of alkyl halides is 3. The lowest BCUT2D eigenvalue weighted by atomic mass is 10.1. The molecule has 170 valence electrons. The molecule has 1 N–H and O–H groups in total. The standard InChI is InChI=1S/C21H18ClF4N3O3/c1-30-14-5-3-12(19(8-14)31-2)10-27-18-9-17(15-7-13(22)4-6-16(15)23)28-29-20(18)32-11-21(24,25)26/h3-9H,10-11H2,1-2H3,(H,27,28). The Morgan fingerprint density at radius 1 is 1.00 bits per heavy atom. The van der Waals surface area contributed by atoms with Crippen LogP contribution in [0.25, 0.3) is 11.3 Å². The molecular formula is C21H18ClF4N3O3. The van der Waals surface area contributed by atoms with Gasteiger partial charge < -0.3 is 19.5 Å². The van der Waals surface area contributed by atoms with E-state index in [1.165, 1.54) is 32.4 Å². The molecule has 0 bridgehead atoms. The Labute approximate surface area is 186 Å². The van der Waals surface area contributed by atoms with E-state index in [4.69, 9.17) is 25.8 Å². The van der Waals surface area contributed by atoms with Gasteiger partial charge in [0.1, 0.15) is 23.0 Å². The zero-order valence-corrected chi connectivity index (χ0v) is 17.7. The Morgan fingerprint density at radius 2 is 1.78 bits per heavy atom. The Hall–Kier alpha value is -3.27. The van der Waals surface area contributed by atoms with Crippen LogP contribution in [0.2, 0.25) is 5.02 Å². The Balaban J connectivity index is 1.94. The molecule has 11 heteroatoms. The zero-order chi connectivity index (χ0) is 23.3. The van der Waals surface area contributed by atoms with Gasteiger partial charge in [0, 0.05) is 28.8 Å². The van der Waals surface area contributed by atoms with Crippen molar-refractivity contribution in [2.24, 2.45) is 0 Å². The number of aromatic nitrogens is 2. The van der Waals surface area contributed by atoms with Crippen LogP contribution in [-0.4, -0.2) is 37.2 Å². The molecule has 0 fully saturated rings. The molecule has 2 aromatic carbocycles. The Morgan fingerprint density at radius 3 is 2.47 bits per heavy atom. The third-order valence-electron chi connectivity index (χ3n) is 4.30. The summed E-state index contributed by atoms with van der Waals surface area (Å²) >= 11 is 5.93. The minimum atomic E-state index is -4.57. The first-order chi connectivity index (χ1) is 15.2. The van der Waals surface area contributed by atoms with Gasteiger partial charge in [0.05, 0.1) is 19.9 Å². The maximum atomic E-state index is 14.3. The van der Waals surface area contributed by atoms with Gasteiger partial charge in [-0.2, -0.15) is 13.2 Å². The lowest BCUT2D eigenvalue weighted by Gasteiger charge is -2.16. The van der Waals surface area contributed by atoms with Crippen LogP contribution in [0.5, 0.6) is 17.4 Å². The second-order valence-corrected chi connectivity index (χ2v) is 6.94. The monoisotopic (exact) mass is 471 g/mol. The number of ether oxygens (including phenoxy) is 3. The van der Waals surface area contributed by atoms with E-state index in [2.05, 4.69) is 15.5 Å². The number of anilines is 1. The maximum absolute atomic E-state index is 14.3. The van der Waals surface area contributed by atoms with Crippen molar-refractivity contribution in [2.75, 3.05) is 26.1 Å². The molecule has 0 unspecified atom stereocenters. The predicted molar refractivity (Wildman–Crippen MR) is 111 cm³/mol. The van der Waals surface area contributed by atoms with Crippen molar-refractivity contribution in [2.45, 2.75) is 12.7 Å². The average Bonchev–Trinajstić information content (AvgIpc) is 2.77. The highest BCUT2D eigenvalue weighted by molar-refractivity contribution is 6.30. The van der Waals surface area contributed by atoms with Crippen molar-refractivity contribution in [1.82, 2.24) is 10.2 Å². The van der Waals surface area contributed by atoms with Crippen LogP contribution >= 0.6 is 11.6 Å². The number of nitrogens with one attached hydrogen (secondary N) is 1. The summed E-state index contributed by atoms with van der Waals surface area (Å²) in [4.78, 5) is 0. The number of nitrogens with zero attached hydrogens (tertiary/aromatic N) is 2. The van der Waals surface area contributed by atoms with Crippen molar-refractivity contribution < 1.29 is 31.8 Å². The fraction of sp³-hybridized carbons (Fsp3) is 0.238. The van der Waals surface area contributed by atoms with Crippen molar-refractivity contribution in [3.05, 3.63) is 58.9 Å². The molecule has 3 aromatic rings. The Kier molecular flexibility index (Phi) is 7.24. The molecule has 0 amide bonds. The van der Waals surface area contributed by atoms with Crippen molar-refractivity contribution in [3.63, 3.8) is 0 Å². The molecule has 0 aliphatic rings. The van der Waals surface area contributed by atoms with Gasteiger partial charge in [-0.3, -0.25) is 0 Å². The second-order valence-electron chi connectivity index (χ2n) is 6.51. The van der Waals surface area contributed by atoms with E-state index >= 15 is 0 Å². The normalized spacial score (nSPS) is 11.2. The van der Waals surface area contributed by atoms with Gasteiger partial charge in [0.2, 0.25) is 0 Å². The molecule has 6 nitrogen and oxygen atoms in total. The van der Waals surface area contributed by atoms with Crippen molar-refractivity contribution in [3.8, 4) is 28.6 Å². The van der Waals surface area contributed by atoms with Crippen LogP contribution in [0.15, 0.2) is 42.5 Å². The number of hydrogen-bond donors (Lipinski definition) is 1. The summed E-state index contributed by atoms with van der Waals surface area (Å²) in [6.45, 7) is -1.42. The van der Waals surface area contributed by atoms with Gasteiger partial charge in [-0.1, -0.05) is 11.6 Å². The molecule has 32 heavy (non-hydrogen) atoms. The fourth-order valence-electron chi connectivity index (χ4n) is 2.78. The van der Waals surface area contributed by atoms with E-state index in [9.17, 15) is 17.6 Å². The highest BCUT2D eigenvalue weighted by Gasteiger charge is 2.29. The molecule has 3 rings (SSSR count). The summed E-state index contributed by atoms with van der Waals surface area (Å²) < 4.78 is 67.5. The lowest BCUT2D eigenvalue weighted by molar-refractivity contribution is -0.154. The third kappa shape index (κ3) is 5.91. The molecule has 1 aromatic heterocycles. The molecule has 0 atom stereocenters. The SMILES string of the molecule is COc1ccc(CNc2cc(-c3cc(Cl)ccc3F)nnc2OCC(F)(F)F)c(OC)c1. The highest BCUT2D eigenvalue weighted by Crippen LogP contribution is 2.32. The van der Waals surface area contributed by atoms with E-state index < -0.39 is 18.6 Å². The first-order valence-corrected chi connectivity index (χ1v) is 9.55. The molecule has 0 saturated heterocycles. The van der Waals surface area contributed by atoms with Gasteiger partial charge >= 0.3 is 6.18 Å². The van der Waals surface area contributed by atoms with Crippen LogP contribution in [0.3, 0.4) is 0 Å². The average molecular weight is 472 g/mol. The van der Waals surface area contributed by atoms with Gasteiger partial charge in [-0.25, -0.2) is 4.39 Å². The molecular weight excluding hydrogens is 454 g/mol. The minimum Gasteiger partial charge on any atom is -0.497 e. The summed E-state index contributed by atoms with van der Waals surface area (Å²) in [5, 5.41) is 10.7. The number of methoxy groups -OCH3 is 2. The zero-order valence-electron chi connectivity index (χ0n) is 17.0. The largest absolute Gasteiger partial charge is 0.497 e. The third-order valence-corrected chi connectivity index (χ3v) is 4.54. The fourth-order valence-corrected chi connectivity index (χ4v) is 2.95. The summed E-state index contributed by atoms with van der Waals surface area (Å²) in [5.41, 5.74) is 0.866. The van der Waals surface area contributed by atoms with Crippen LogP contribution in [0.1, 0.15) is 5.56 Å². The van der Waals surface area contributed by atoms with Crippen LogP contribution in [-0.2, 0) is 6.54 Å². The van der Waals surface area contributed by atoms with E-state index in [1.54, 1.807) is 18.2 Å². The smallest absolute Gasteiger partial charge is 0.422 e. The van der Waals surface area contributed by atoms with Crippen LogP contribution in [0.4, 0.5) is 23.2 Å². The quantitative estimate of drug-likeness (QED) is 0.437. The molecule has 0 aliphatic carbocycles. The Bertz CT molecular complexity index is 1100. The maximum Gasteiger partial charge on any atom is 0.422 e.